The predicted octanol–water partition coefficient (Wildman–Crippen LogP) is 3.14. The SMILES string of the molecule is C=Cc1[nH]c(=O)n(C2CCN(CC(=O)C3CCC(OC)CC3)CC2)c1/C=C\C(=C)S(C)=O. The molecular formula is C24H35N3O4S. The zero-order chi connectivity index (χ0) is 23.3. The van der Waals surface area contributed by atoms with E-state index in [0.29, 0.717) is 29.0 Å². The van der Waals surface area contributed by atoms with Crippen LogP contribution < -0.4 is 5.69 Å². The number of methoxy groups -OCH3 is 1. The van der Waals surface area contributed by atoms with Crippen molar-refractivity contribution in [1.82, 2.24) is 14.5 Å². The molecule has 1 aromatic rings. The maximum absolute atomic E-state index is 12.8. The summed E-state index contributed by atoms with van der Waals surface area (Å²) >= 11 is 0. The summed E-state index contributed by atoms with van der Waals surface area (Å²) in [6.07, 6.45) is 12.3. The summed E-state index contributed by atoms with van der Waals surface area (Å²) in [5.41, 5.74) is 1.19. The molecule has 7 nitrogen and oxygen atoms in total. The molecule has 1 aromatic heterocycles. The van der Waals surface area contributed by atoms with Crippen molar-refractivity contribution in [3.05, 3.63) is 46.0 Å². The van der Waals surface area contributed by atoms with Gasteiger partial charge < -0.3 is 9.72 Å². The van der Waals surface area contributed by atoms with E-state index in [1.54, 1.807) is 36.2 Å². The molecule has 0 aromatic carbocycles. The Balaban J connectivity index is 1.62. The number of ketones is 1. The first-order valence-corrected chi connectivity index (χ1v) is 12.8. The molecule has 176 valence electrons. The Morgan fingerprint density at radius 2 is 1.88 bits per heavy atom. The number of allylic oxidation sites excluding steroid dienone is 1. The van der Waals surface area contributed by atoms with Crippen LogP contribution in [-0.4, -0.2) is 63.5 Å². The minimum Gasteiger partial charge on any atom is -0.381 e. The van der Waals surface area contributed by atoms with E-state index in [4.69, 9.17) is 4.74 Å². The Bertz CT molecular complexity index is 945. The molecule has 0 radical (unpaired) electrons. The van der Waals surface area contributed by atoms with Gasteiger partial charge >= 0.3 is 5.69 Å². The second-order valence-electron chi connectivity index (χ2n) is 8.74. The summed E-state index contributed by atoms with van der Waals surface area (Å²) in [6, 6.07) is 0.0379. The number of Topliss-reactive ketones (excluding diaryl/α,β-unsaturated/α-hetero) is 1. The van der Waals surface area contributed by atoms with Crippen LogP contribution >= 0.6 is 0 Å². The number of ether oxygens (including phenoxy) is 1. The predicted molar refractivity (Wildman–Crippen MR) is 130 cm³/mol. The number of hydrogen-bond donors (Lipinski definition) is 1. The van der Waals surface area contributed by atoms with Crippen LogP contribution in [0.3, 0.4) is 0 Å². The summed E-state index contributed by atoms with van der Waals surface area (Å²) in [7, 11) is 0.580. The van der Waals surface area contributed by atoms with Gasteiger partial charge in [0.05, 0.1) is 24.0 Å². The second-order valence-corrected chi connectivity index (χ2v) is 10.2. The van der Waals surface area contributed by atoms with Crippen molar-refractivity contribution in [2.75, 3.05) is 33.0 Å². The van der Waals surface area contributed by atoms with E-state index in [2.05, 4.69) is 23.0 Å². The topological polar surface area (TPSA) is 84.4 Å². The van der Waals surface area contributed by atoms with Crippen LogP contribution in [0, 0.1) is 5.92 Å². The van der Waals surface area contributed by atoms with E-state index in [0.717, 1.165) is 57.3 Å². The minimum absolute atomic E-state index is 0.0379. The van der Waals surface area contributed by atoms with E-state index in [1.807, 2.05) is 0 Å². The lowest BCUT2D eigenvalue weighted by Crippen LogP contribution is -2.41. The smallest absolute Gasteiger partial charge is 0.326 e. The highest BCUT2D eigenvalue weighted by molar-refractivity contribution is 7.88. The Kier molecular flexibility index (Phi) is 8.62. The molecule has 0 amide bonds. The lowest BCUT2D eigenvalue weighted by Gasteiger charge is -2.34. The molecule has 1 unspecified atom stereocenters. The number of carbonyl (C=O) groups is 1. The molecule has 2 heterocycles. The molecule has 2 aliphatic rings. The van der Waals surface area contributed by atoms with Gasteiger partial charge in [-0.25, -0.2) is 4.79 Å². The summed E-state index contributed by atoms with van der Waals surface area (Å²) in [4.78, 5) is 31.0. The molecule has 1 aliphatic carbocycles. The average Bonchev–Trinajstić information content (AvgIpc) is 3.13. The van der Waals surface area contributed by atoms with E-state index in [-0.39, 0.29) is 17.6 Å². The summed E-state index contributed by atoms with van der Waals surface area (Å²) in [6.45, 7) is 9.65. The molecule has 2 fully saturated rings. The fourth-order valence-electron chi connectivity index (χ4n) is 4.74. The van der Waals surface area contributed by atoms with Gasteiger partial charge in [0.1, 0.15) is 5.78 Å². The third-order valence-corrected chi connectivity index (χ3v) is 7.64. The van der Waals surface area contributed by atoms with Crippen LogP contribution in [-0.2, 0) is 20.3 Å². The van der Waals surface area contributed by atoms with Crippen molar-refractivity contribution < 1.29 is 13.7 Å². The van der Waals surface area contributed by atoms with E-state index in [1.165, 1.54) is 0 Å². The van der Waals surface area contributed by atoms with Crippen molar-refractivity contribution >= 4 is 28.7 Å². The van der Waals surface area contributed by atoms with Gasteiger partial charge in [0.25, 0.3) is 0 Å². The zero-order valence-electron chi connectivity index (χ0n) is 19.2. The highest BCUT2D eigenvalue weighted by atomic mass is 32.2. The standard InChI is InChI=1S/C24H35N3O4S/c1-5-21-22(11-6-17(2)32(4)30)27(24(29)25-21)19-12-14-26(15-13-19)16-23(28)18-7-9-20(31-3)10-8-18/h5-6,11,18-20H,1-2,7-10,12-16H2,3-4H3,(H,25,29)/b11-6-. The summed E-state index contributed by atoms with van der Waals surface area (Å²) < 4.78 is 18.8. The quantitative estimate of drug-likeness (QED) is 0.571. The number of carbonyl (C=O) groups excluding carboxylic acids is 1. The number of aromatic nitrogens is 2. The molecule has 3 rings (SSSR count). The van der Waals surface area contributed by atoms with E-state index in [9.17, 15) is 13.8 Å². The molecule has 1 N–H and O–H groups in total. The van der Waals surface area contributed by atoms with Gasteiger partial charge in [-0.2, -0.15) is 0 Å². The normalized spacial score (nSPS) is 23.9. The third kappa shape index (κ3) is 5.85. The van der Waals surface area contributed by atoms with Crippen molar-refractivity contribution in [3.63, 3.8) is 0 Å². The van der Waals surface area contributed by atoms with Crippen LogP contribution in [0.5, 0.6) is 0 Å². The highest BCUT2D eigenvalue weighted by Gasteiger charge is 2.29. The molecule has 32 heavy (non-hydrogen) atoms. The van der Waals surface area contributed by atoms with Gasteiger partial charge in [-0.05, 0) is 56.8 Å². The first kappa shape index (κ1) is 24.6. The van der Waals surface area contributed by atoms with Crippen molar-refractivity contribution in [2.24, 2.45) is 5.92 Å². The van der Waals surface area contributed by atoms with Crippen LogP contribution in [0.15, 0.2) is 28.9 Å². The number of H-pyrrole nitrogens is 1. The molecule has 1 saturated carbocycles. The van der Waals surface area contributed by atoms with Crippen LogP contribution in [0.1, 0.15) is 56.0 Å². The molecule has 1 aliphatic heterocycles. The van der Waals surface area contributed by atoms with Crippen molar-refractivity contribution in [1.29, 1.82) is 0 Å². The number of nitrogens with zero attached hydrogens (tertiary/aromatic N) is 2. The number of nitrogens with one attached hydrogen (secondary N) is 1. The third-order valence-electron chi connectivity index (χ3n) is 6.76. The molecule has 8 heteroatoms. The van der Waals surface area contributed by atoms with E-state index < -0.39 is 10.8 Å². The maximum atomic E-state index is 12.8. The number of hydrogen-bond acceptors (Lipinski definition) is 5. The van der Waals surface area contributed by atoms with Gasteiger partial charge in [-0.3, -0.25) is 18.5 Å². The fraction of sp³-hybridized carbons (Fsp3) is 0.583. The average molecular weight is 462 g/mol. The van der Waals surface area contributed by atoms with Crippen LogP contribution in [0.25, 0.3) is 12.2 Å². The van der Waals surface area contributed by atoms with Gasteiger partial charge in [-0.15, -0.1) is 0 Å². The first-order chi connectivity index (χ1) is 15.3. The highest BCUT2D eigenvalue weighted by Crippen LogP contribution is 2.28. The Morgan fingerprint density at radius 3 is 2.44 bits per heavy atom. The van der Waals surface area contributed by atoms with Gasteiger partial charge in [-0.1, -0.05) is 13.2 Å². The summed E-state index contributed by atoms with van der Waals surface area (Å²) in [5, 5.41) is 0. The molecule has 0 bridgehead atoms. The Morgan fingerprint density at radius 1 is 1.22 bits per heavy atom. The first-order valence-electron chi connectivity index (χ1n) is 11.3. The molecule has 1 atom stereocenters. The number of aromatic amines is 1. The molecule has 0 spiro atoms. The molecule has 1 saturated heterocycles. The van der Waals surface area contributed by atoms with Crippen LogP contribution in [0.2, 0.25) is 0 Å². The van der Waals surface area contributed by atoms with Gasteiger partial charge in [0, 0.05) is 54.1 Å². The number of likely N-dealkylation sites (tertiary alicyclic amines) is 1. The zero-order valence-corrected chi connectivity index (χ0v) is 20.0. The Hall–Kier alpha value is -2.03. The van der Waals surface area contributed by atoms with Gasteiger partial charge in [0.2, 0.25) is 0 Å². The largest absolute Gasteiger partial charge is 0.381 e. The Labute approximate surface area is 192 Å². The van der Waals surface area contributed by atoms with E-state index >= 15 is 0 Å². The number of rotatable bonds is 9. The number of piperidine rings is 1. The monoisotopic (exact) mass is 461 g/mol. The maximum Gasteiger partial charge on any atom is 0.326 e. The lowest BCUT2D eigenvalue weighted by molar-refractivity contribution is -0.126. The van der Waals surface area contributed by atoms with Crippen LogP contribution in [0.4, 0.5) is 0 Å². The van der Waals surface area contributed by atoms with Crippen molar-refractivity contribution in [3.8, 4) is 0 Å². The fourth-order valence-corrected chi connectivity index (χ4v) is 5.00. The second kappa shape index (κ2) is 11.2. The molecular weight excluding hydrogens is 426 g/mol. The minimum atomic E-state index is -1.16. The summed E-state index contributed by atoms with van der Waals surface area (Å²) in [5.74, 6) is 0.482. The lowest BCUT2D eigenvalue weighted by atomic mass is 9.84. The number of imidazole rings is 1. The van der Waals surface area contributed by atoms with Gasteiger partial charge in [0.15, 0.2) is 0 Å². The van der Waals surface area contributed by atoms with Crippen molar-refractivity contribution in [2.45, 2.75) is 50.7 Å².